The summed E-state index contributed by atoms with van der Waals surface area (Å²) in [6, 6.07) is 68.8. The van der Waals surface area contributed by atoms with E-state index < -0.39 is 8.07 Å². The van der Waals surface area contributed by atoms with Gasteiger partial charge in [0.2, 0.25) is 5.78 Å². The molecule has 10 heteroatoms. The van der Waals surface area contributed by atoms with E-state index in [9.17, 15) is 0 Å². The van der Waals surface area contributed by atoms with Gasteiger partial charge in [0.1, 0.15) is 30.6 Å². The Hall–Kier alpha value is -9.25. The number of furan rings is 2. The number of allylic oxidation sites excluding steroid dienone is 1. The van der Waals surface area contributed by atoms with Crippen LogP contribution in [0, 0.1) is 0 Å². The van der Waals surface area contributed by atoms with Gasteiger partial charge in [-0.2, -0.15) is 0 Å². The molecule has 1 unspecified atom stereocenters. The Balaban J connectivity index is 0.768. The maximum Gasteiger partial charge on any atom is 0.220 e. The number of imidazole rings is 2. The largest absolute Gasteiger partial charge is 0.456 e. The van der Waals surface area contributed by atoms with Crippen molar-refractivity contribution >= 4 is 136 Å². The summed E-state index contributed by atoms with van der Waals surface area (Å²) in [6.07, 6.45) is 5.33. The number of nitrogens with one attached hydrogen (secondary N) is 2. The minimum Gasteiger partial charge on any atom is -0.456 e. The van der Waals surface area contributed by atoms with Crippen LogP contribution in [0.2, 0.25) is 13.1 Å². The molecule has 0 aliphatic heterocycles. The molecule has 0 spiro atoms. The summed E-state index contributed by atoms with van der Waals surface area (Å²) in [4.78, 5) is 5.17. The van der Waals surface area contributed by atoms with E-state index in [2.05, 4.69) is 207 Å². The molecule has 0 amide bonds. The standard InChI is InChI=1S/C63H47N7O2Si/c1-73(2,41-26-31-61-47(36-41)45-33-38(23-29-59(45)71-61)65-51-16-6-7-17-52(51)66-50-15-5-4-14-49(50)64)42-27-32-62-48(37-42)46-35-39(25-30-60(46)72-62)68-54-19-9-3-13-43(54)44-34-40(24-28-55(44)68)69-57-21-11-12-22-58(57)70-56-20-10-8-18-53(56)67-63(69)70/h3-34,36-37,39,65-66H,35,64H2,1-2H3. The first-order valence-electron chi connectivity index (χ1n) is 24.9. The number of nitrogen functional groups attached to an aromatic ring is 1. The Bertz CT molecular complexity index is 4620. The fourth-order valence-electron chi connectivity index (χ4n) is 11.7. The van der Waals surface area contributed by atoms with Crippen LogP contribution in [0.3, 0.4) is 0 Å². The van der Waals surface area contributed by atoms with E-state index in [-0.39, 0.29) is 6.04 Å². The Morgan fingerprint density at radius 1 is 0.534 bits per heavy atom. The molecule has 9 aromatic carbocycles. The van der Waals surface area contributed by atoms with E-state index in [1.165, 1.54) is 43.1 Å². The Morgan fingerprint density at radius 3 is 1.97 bits per heavy atom. The van der Waals surface area contributed by atoms with Crippen molar-refractivity contribution in [1.82, 2.24) is 18.5 Å². The maximum absolute atomic E-state index is 6.63. The zero-order valence-corrected chi connectivity index (χ0v) is 41.1. The van der Waals surface area contributed by atoms with E-state index in [0.29, 0.717) is 5.69 Å². The van der Waals surface area contributed by atoms with Gasteiger partial charge < -0.3 is 29.8 Å². The monoisotopic (exact) mass is 961 g/mol. The highest BCUT2D eigenvalue weighted by atomic mass is 28.3. The predicted molar refractivity (Wildman–Crippen MR) is 305 cm³/mol. The fourth-order valence-corrected chi connectivity index (χ4v) is 14.0. The number of para-hydroxylation sites is 9. The summed E-state index contributed by atoms with van der Waals surface area (Å²) in [6.45, 7) is 4.90. The normalized spacial score (nSPS) is 14.0. The molecule has 1 aliphatic rings. The third-order valence-electron chi connectivity index (χ3n) is 15.4. The lowest BCUT2D eigenvalue weighted by atomic mass is 9.97. The van der Waals surface area contributed by atoms with Crippen LogP contribution < -0.4 is 26.7 Å². The van der Waals surface area contributed by atoms with E-state index in [1.54, 1.807) is 0 Å². The molecule has 9 nitrogen and oxygen atoms in total. The average molecular weight is 962 g/mol. The lowest BCUT2D eigenvalue weighted by molar-refractivity contribution is 0.572. The average Bonchev–Trinajstić information content (AvgIpc) is 4.26. The zero-order chi connectivity index (χ0) is 48.5. The van der Waals surface area contributed by atoms with Crippen molar-refractivity contribution < 1.29 is 8.83 Å². The van der Waals surface area contributed by atoms with Gasteiger partial charge in [-0.3, -0.25) is 8.97 Å². The van der Waals surface area contributed by atoms with Gasteiger partial charge in [-0.05, 0) is 109 Å². The molecule has 1 atom stereocenters. The van der Waals surface area contributed by atoms with Crippen LogP contribution in [-0.4, -0.2) is 26.6 Å². The minimum atomic E-state index is -2.26. The van der Waals surface area contributed by atoms with Gasteiger partial charge in [0, 0.05) is 61.3 Å². The highest BCUT2D eigenvalue weighted by molar-refractivity contribution is 7.00. The summed E-state index contributed by atoms with van der Waals surface area (Å²) in [5.41, 5.74) is 22.5. The molecule has 5 heterocycles. The zero-order valence-electron chi connectivity index (χ0n) is 40.1. The van der Waals surface area contributed by atoms with Crippen molar-refractivity contribution in [3.05, 3.63) is 212 Å². The number of fused-ring (bicyclic) bond motifs is 14. The second kappa shape index (κ2) is 15.6. The maximum atomic E-state index is 6.63. The van der Waals surface area contributed by atoms with Crippen LogP contribution >= 0.6 is 0 Å². The van der Waals surface area contributed by atoms with E-state index >= 15 is 0 Å². The van der Waals surface area contributed by atoms with Crippen molar-refractivity contribution in [3.63, 3.8) is 0 Å². The predicted octanol–water partition coefficient (Wildman–Crippen LogP) is 14.9. The van der Waals surface area contributed by atoms with Gasteiger partial charge >= 0.3 is 0 Å². The highest BCUT2D eigenvalue weighted by Gasteiger charge is 2.30. The summed E-state index contributed by atoms with van der Waals surface area (Å²) < 4.78 is 20.2. The first kappa shape index (κ1) is 41.5. The molecular formula is C63H47N7O2Si. The molecule has 73 heavy (non-hydrogen) atoms. The van der Waals surface area contributed by atoms with Gasteiger partial charge in [-0.15, -0.1) is 0 Å². The number of anilines is 5. The van der Waals surface area contributed by atoms with Gasteiger partial charge in [0.05, 0.1) is 50.9 Å². The first-order valence-corrected chi connectivity index (χ1v) is 27.9. The second-order valence-electron chi connectivity index (χ2n) is 20.0. The topological polar surface area (TPSA) is 104 Å². The number of rotatable bonds is 8. The molecule has 0 bridgehead atoms. The molecule has 14 aromatic rings. The van der Waals surface area contributed by atoms with Crippen molar-refractivity contribution in [2.45, 2.75) is 25.6 Å². The lowest BCUT2D eigenvalue weighted by Crippen LogP contribution is -2.52. The molecule has 15 rings (SSSR count). The molecule has 4 N–H and O–H groups in total. The Morgan fingerprint density at radius 2 is 1.16 bits per heavy atom. The van der Waals surface area contributed by atoms with Crippen LogP contribution in [0.5, 0.6) is 0 Å². The van der Waals surface area contributed by atoms with Crippen molar-refractivity contribution in [2.24, 2.45) is 0 Å². The molecule has 1 aliphatic carbocycles. The summed E-state index contributed by atoms with van der Waals surface area (Å²) in [5.74, 6) is 1.85. The summed E-state index contributed by atoms with van der Waals surface area (Å²) in [7, 11) is -2.26. The first-order chi connectivity index (χ1) is 35.8. The van der Waals surface area contributed by atoms with E-state index in [0.717, 1.165) is 96.0 Å². The molecule has 0 radical (unpaired) electrons. The van der Waals surface area contributed by atoms with Gasteiger partial charge in [-0.25, -0.2) is 4.98 Å². The van der Waals surface area contributed by atoms with Crippen LogP contribution in [0.25, 0.3) is 94.3 Å². The molecule has 350 valence electrons. The van der Waals surface area contributed by atoms with Crippen LogP contribution in [0.15, 0.2) is 209 Å². The minimum absolute atomic E-state index is 0.0794. The van der Waals surface area contributed by atoms with Crippen molar-refractivity contribution in [3.8, 4) is 5.69 Å². The Labute approximate surface area is 420 Å². The summed E-state index contributed by atoms with van der Waals surface area (Å²) >= 11 is 0. The number of aromatic nitrogens is 4. The van der Waals surface area contributed by atoms with Gasteiger partial charge in [0.25, 0.3) is 0 Å². The third-order valence-corrected chi connectivity index (χ3v) is 19.0. The molecule has 5 aromatic heterocycles. The molecule has 0 saturated carbocycles. The quantitative estimate of drug-likeness (QED) is 0.104. The van der Waals surface area contributed by atoms with E-state index in [1.807, 2.05) is 36.4 Å². The summed E-state index contributed by atoms with van der Waals surface area (Å²) in [5, 5.41) is 15.7. The van der Waals surface area contributed by atoms with Gasteiger partial charge in [0.15, 0.2) is 0 Å². The SMILES string of the molecule is C[Si](C)(c1ccc2oc3c(c2c1)CC(n1c2ccccc2c2cc(-n4c5ccccc5n5c6ccccc6nc45)ccc21)C=C3)c1ccc2oc3ccc(Nc4ccccc4Nc4ccccc4N)cc3c2c1. The van der Waals surface area contributed by atoms with Crippen LogP contribution in [0.4, 0.5) is 28.4 Å². The fraction of sp³-hybridized carbons (Fsp3) is 0.0635. The Kier molecular flexibility index (Phi) is 8.89. The number of nitrogens with two attached hydrogens (primary N) is 1. The second-order valence-corrected chi connectivity index (χ2v) is 24.4. The van der Waals surface area contributed by atoms with Gasteiger partial charge in [-0.1, -0.05) is 121 Å². The molecule has 0 saturated heterocycles. The number of hydrogen-bond acceptors (Lipinski definition) is 6. The van der Waals surface area contributed by atoms with Crippen molar-refractivity contribution in [2.75, 3.05) is 16.4 Å². The number of hydrogen-bond donors (Lipinski definition) is 3. The lowest BCUT2D eigenvalue weighted by Gasteiger charge is -2.24. The van der Waals surface area contributed by atoms with E-state index in [4.69, 9.17) is 19.6 Å². The van der Waals surface area contributed by atoms with Crippen molar-refractivity contribution in [1.29, 1.82) is 0 Å². The highest BCUT2D eigenvalue weighted by Crippen LogP contribution is 2.41. The molecule has 0 fully saturated rings. The van der Waals surface area contributed by atoms with Crippen LogP contribution in [0.1, 0.15) is 17.4 Å². The number of benzene rings is 9. The number of nitrogens with zero attached hydrogens (tertiary/aromatic N) is 4. The smallest absolute Gasteiger partial charge is 0.220 e. The third kappa shape index (κ3) is 6.36. The molecular weight excluding hydrogens is 915 g/mol. The van der Waals surface area contributed by atoms with Crippen LogP contribution in [-0.2, 0) is 6.42 Å².